The Balaban J connectivity index is 2.24. The van der Waals surface area contributed by atoms with Gasteiger partial charge in [0, 0.05) is 6.54 Å². The van der Waals surface area contributed by atoms with E-state index in [9.17, 15) is 0 Å². The van der Waals surface area contributed by atoms with Gasteiger partial charge in [0.2, 0.25) is 0 Å². The molecule has 0 saturated heterocycles. The first-order chi connectivity index (χ1) is 6.40. The van der Waals surface area contributed by atoms with Crippen LogP contribution < -0.4 is 14.2 Å². The van der Waals surface area contributed by atoms with Crippen LogP contribution >= 0.6 is 12.8 Å². The number of hydrogen-bond acceptors (Lipinski definition) is 4. The van der Waals surface area contributed by atoms with Crippen LogP contribution in [0.5, 0.6) is 11.5 Å². The van der Waals surface area contributed by atoms with Gasteiger partial charge in [-0.25, -0.2) is 0 Å². The Morgan fingerprint density at radius 3 is 2.77 bits per heavy atom. The minimum Gasteiger partial charge on any atom is -0.486 e. The topological polar surface area (TPSA) is 30.5 Å². The number of nitrogens with one attached hydrogen (secondary N) is 1. The van der Waals surface area contributed by atoms with E-state index in [1.54, 1.807) is 0 Å². The summed E-state index contributed by atoms with van der Waals surface area (Å²) in [5, 5.41) is 0. The van der Waals surface area contributed by atoms with Crippen molar-refractivity contribution < 1.29 is 9.47 Å². The third-order valence-electron chi connectivity index (χ3n) is 1.89. The molecule has 0 aliphatic carbocycles. The Morgan fingerprint density at radius 2 is 2.00 bits per heavy atom. The summed E-state index contributed by atoms with van der Waals surface area (Å²) in [6, 6.07) is 5.89. The second-order valence-corrected chi connectivity index (χ2v) is 3.13. The van der Waals surface area contributed by atoms with Gasteiger partial charge in [0.25, 0.3) is 0 Å². The van der Waals surface area contributed by atoms with Crippen LogP contribution in [0.3, 0.4) is 0 Å². The highest BCUT2D eigenvalue weighted by Crippen LogP contribution is 2.30. The molecule has 0 fully saturated rings. The van der Waals surface area contributed by atoms with Crippen molar-refractivity contribution >= 4 is 12.8 Å². The molecule has 13 heavy (non-hydrogen) atoms. The molecule has 0 saturated carbocycles. The van der Waals surface area contributed by atoms with Crippen molar-refractivity contribution in [3.63, 3.8) is 0 Å². The van der Waals surface area contributed by atoms with Gasteiger partial charge >= 0.3 is 0 Å². The molecule has 1 aliphatic rings. The number of fused-ring (bicyclic) bond motifs is 1. The van der Waals surface area contributed by atoms with Crippen molar-refractivity contribution in [3.8, 4) is 11.5 Å². The zero-order chi connectivity index (χ0) is 9.10. The van der Waals surface area contributed by atoms with E-state index >= 15 is 0 Å². The molecule has 1 heterocycles. The lowest BCUT2D eigenvalue weighted by molar-refractivity contribution is 0.171. The molecule has 1 N–H and O–H groups in total. The van der Waals surface area contributed by atoms with Crippen LogP contribution in [0.2, 0.25) is 0 Å². The zero-order valence-electron chi connectivity index (χ0n) is 7.12. The van der Waals surface area contributed by atoms with Crippen LogP contribution in [0, 0.1) is 0 Å². The van der Waals surface area contributed by atoms with Gasteiger partial charge in [-0.05, 0) is 17.7 Å². The average molecular weight is 197 g/mol. The molecule has 3 nitrogen and oxygen atoms in total. The van der Waals surface area contributed by atoms with E-state index < -0.39 is 0 Å². The highest BCUT2D eigenvalue weighted by atomic mass is 32.1. The fourth-order valence-corrected chi connectivity index (χ4v) is 1.47. The van der Waals surface area contributed by atoms with Gasteiger partial charge < -0.3 is 9.47 Å². The van der Waals surface area contributed by atoms with E-state index in [2.05, 4.69) is 17.5 Å². The number of thiol groups is 1. The van der Waals surface area contributed by atoms with Crippen molar-refractivity contribution in [3.05, 3.63) is 23.8 Å². The first-order valence-corrected chi connectivity index (χ1v) is 4.60. The Hall–Kier alpha value is -0.870. The maximum Gasteiger partial charge on any atom is 0.161 e. The Labute approximate surface area is 82.6 Å². The molecule has 0 unspecified atom stereocenters. The fourth-order valence-electron chi connectivity index (χ4n) is 1.29. The number of benzene rings is 1. The van der Waals surface area contributed by atoms with Gasteiger partial charge in [-0.2, -0.15) is 0 Å². The van der Waals surface area contributed by atoms with Gasteiger partial charge in [0.05, 0.1) is 0 Å². The van der Waals surface area contributed by atoms with Crippen LogP contribution in [0.15, 0.2) is 18.2 Å². The highest BCUT2D eigenvalue weighted by Gasteiger charge is 2.10. The molecule has 0 aromatic heterocycles. The lowest BCUT2D eigenvalue weighted by Gasteiger charge is -2.18. The van der Waals surface area contributed by atoms with Crippen LogP contribution in [0.25, 0.3) is 0 Å². The molecular formula is C9H11NO2S. The summed E-state index contributed by atoms with van der Waals surface area (Å²) in [5.41, 5.74) is 1.14. The van der Waals surface area contributed by atoms with E-state index in [0.717, 1.165) is 23.6 Å². The van der Waals surface area contributed by atoms with E-state index in [1.807, 2.05) is 18.2 Å². The van der Waals surface area contributed by atoms with Crippen LogP contribution in [-0.2, 0) is 6.54 Å². The summed E-state index contributed by atoms with van der Waals surface area (Å²) in [5.74, 6) is 1.65. The molecule has 0 spiro atoms. The molecule has 2 rings (SSSR count). The summed E-state index contributed by atoms with van der Waals surface area (Å²) in [7, 11) is 0. The Kier molecular flexibility index (Phi) is 2.61. The monoisotopic (exact) mass is 197 g/mol. The molecule has 4 heteroatoms. The lowest BCUT2D eigenvalue weighted by atomic mass is 10.2. The van der Waals surface area contributed by atoms with Gasteiger partial charge in [-0.15, -0.1) is 0 Å². The predicted molar refractivity (Wildman–Crippen MR) is 53.3 cm³/mol. The van der Waals surface area contributed by atoms with Crippen molar-refractivity contribution in [1.29, 1.82) is 0 Å². The molecular weight excluding hydrogens is 186 g/mol. The maximum atomic E-state index is 5.43. The quantitative estimate of drug-likeness (QED) is 0.702. The molecule has 70 valence electrons. The Morgan fingerprint density at radius 1 is 1.23 bits per heavy atom. The number of ether oxygens (including phenoxy) is 2. The van der Waals surface area contributed by atoms with Crippen LogP contribution in [-0.4, -0.2) is 13.2 Å². The SMILES string of the molecule is SNCc1ccc2c(c1)OCCO2. The molecule has 0 atom stereocenters. The average Bonchev–Trinajstić information content (AvgIpc) is 2.18. The minimum atomic E-state index is 0.630. The number of rotatable bonds is 2. The zero-order valence-corrected chi connectivity index (χ0v) is 8.01. The molecule has 0 radical (unpaired) electrons. The predicted octanol–water partition coefficient (Wildman–Crippen LogP) is 1.39. The normalized spacial score (nSPS) is 14.2. The van der Waals surface area contributed by atoms with Crippen molar-refractivity contribution in [2.75, 3.05) is 13.2 Å². The maximum absolute atomic E-state index is 5.43. The van der Waals surface area contributed by atoms with E-state index in [4.69, 9.17) is 9.47 Å². The summed E-state index contributed by atoms with van der Waals surface area (Å²) in [6.45, 7) is 1.99. The smallest absolute Gasteiger partial charge is 0.161 e. The van der Waals surface area contributed by atoms with E-state index in [0.29, 0.717) is 13.2 Å². The first kappa shape index (κ1) is 8.72. The van der Waals surface area contributed by atoms with E-state index in [1.165, 1.54) is 0 Å². The minimum absolute atomic E-state index is 0.630. The van der Waals surface area contributed by atoms with Crippen molar-refractivity contribution in [2.24, 2.45) is 0 Å². The van der Waals surface area contributed by atoms with Gasteiger partial charge in [-0.1, -0.05) is 18.9 Å². The van der Waals surface area contributed by atoms with E-state index in [-0.39, 0.29) is 0 Å². The second kappa shape index (κ2) is 3.89. The summed E-state index contributed by atoms with van der Waals surface area (Å²) in [4.78, 5) is 0. The first-order valence-electron chi connectivity index (χ1n) is 4.15. The molecule has 1 aromatic rings. The highest BCUT2D eigenvalue weighted by molar-refractivity contribution is 7.78. The molecule has 1 aromatic carbocycles. The van der Waals surface area contributed by atoms with Gasteiger partial charge in [-0.3, -0.25) is 4.72 Å². The third kappa shape index (κ3) is 1.89. The van der Waals surface area contributed by atoms with Crippen molar-refractivity contribution in [1.82, 2.24) is 4.72 Å². The van der Waals surface area contributed by atoms with Gasteiger partial charge in [0.15, 0.2) is 11.5 Å². The third-order valence-corrected chi connectivity index (χ3v) is 2.05. The molecule has 0 bridgehead atoms. The van der Waals surface area contributed by atoms with Crippen LogP contribution in [0.1, 0.15) is 5.56 Å². The summed E-state index contributed by atoms with van der Waals surface area (Å²) >= 11 is 3.94. The summed E-state index contributed by atoms with van der Waals surface area (Å²) < 4.78 is 13.6. The lowest BCUT2D eigenvalue weighted by Crippen LogP contribution is -2.15. The van der Waals surface area contributed by atoms with Crippen LogP contribution in [0.4, 0.5) is 0 Å². The summed E-state index contributed by atoms with van der Waals surface area (Å²) in [6.07, 6.45) is 0. The largest absolute Gasteiger partial charge is 0.486 e. The molecule has 1 aliphatic heterocycles. The molecule has 0 amide bonds. The number of hydrogen-bond donors (Lipinski definition) is 2. The Bertz CT molecular complexity index is 304. The van der Waals surface area contributed by atoms with Crippen molar-refractivity contribution in [2.45, 2.75) is 6.54 Å². The fraction of sp³-hybridized carbons (Fsp3) is 0.333. The standard InChI is InChI=1S/C9H11NO2S/c13-10-6-7-1-2-8-9(5-7)12-4-3-11-8/h1-2,5,10,13H,3-4,6H2. The second-order valence-electron chi connectivity index (χ2n) is 2.81. The van der Waals surface area contributed by atoms with Gasteiger partial charge in [0.1, 0.15) is 13.2 Å².